The number of benzene rings is 2. The van der Waals surface area contributed by atoms with E-state index in [9.17, 15) is 4.79 Å². The molecular weight excluding hydrogens is 370 g/mol. The quantitative estimate of drug-likeness (QED) is 0.468. The zero-order chi connectivity index (χ0) is 20.5. The number of aromatic amines is 1. The highest BCUT2D eigenvalue weighted by atomic mass is 16.1. The molecule has 5 rings (SSSR count). The zero-order valence-electron chi connectivity index (χ0n) is 17.1. The Bertz CT molecular complexity index is 1210. The monoisotopic (exact) mass is 395 g/mol. The Morgan fingerprint density at radius 1 is 1.07 bits per heavy atom. The topological polar surface area (TPSA) is 57.8 Å². The second-order valence-electron chi connectivity index (χ2n) is 8.16. The van der Waals surface area contributed by atoms with E-state index >= 15 is 0 Å². The highest BCUT2D eigenvalue weighted by Gasteiger charge is 2.20. The number of fused-ring (bicyclic) bond motifs is 2. The molecule has 0 saturated heterocycles. The van der Waals surface area contributed by atoms with Crippen LogP contribution < -0.4 is 5.32 Å². The maximum absolute atomic E-state index is 13.0. The number of amides is 1. The van der Waals surface area contributed by atoms with Crippen molar-refractivity contribution in [3.8, 4) is 11.3 Å². The van der Waals surface area contributed by atoms with E-state index in [1.54, 1.807) is 12.4 Å². The summed E-state index contributed by atoms with van der Waals surface area (Å²) in [6, 6.07) is 18.7. The summed E-state index contributed by atoms with van der Waals surface area (Å²) in [4.78, 5) is 20.6. The molecule has 150 valence electrons. The van der Waals surface area contributed by atoms with Gasteiger partial charge in [0, 0.05) is 46.2 Å². The van der Waals surface area contributed by atoms with Gasteiger partial charge in [-0.3, -0.25) is 9.78 Å². The van der Waals surface area contributed by atoms with Crippen molar-refractivity contribution in [1.29, 1.82) is 0 Å². The average Bonchev–Trinajstić information content (AvgIpc) is 2.97. The Morgan fingerprint density at radius 2 is 1.87 bits per heavy atom. The van der Waals surface area contributed by atoms with Gasteiger partial charge in [-0.1, -0.05) is 24.3 Å². The highest BCUT2D eigenvalue weighted by molar-refractivity contribution is 6.00. The first kappa shape index (κ1) is 18.6. The molecule has 1 aliphatic rings. The van der Waals surface area contributed by atoms with Crippen molar-refractivity contribution in [2.24, 2.45) is 0 Å². The third-order valence-electron chi connectivity index (χ3n) is 6.21. The number of carbonyl (C=O) groups is 1. The van der Waals surface area contributed by atoms with Crippen LogP contribution in [-0.4, -0.2) is 21.9 Å². The number of carbonyl (C=O) groups excluding carboxylic acids is 1. The van der Waals surface area contributed by atoms with Gasteiger partial charge in [0.2, 0.25) is 0 Å². The summed E-state index contributed by atoms with van der Waals surface area (Å²) in [6.07, 6.45) is 7.70. The summed E-state index contributed by atoms with van der Waals surface area (Å²) in [5.41, 5.74) is 7.85. The molecule has 1 unspecified atom stereocenters. The molecule has 0 spiro atoms. The molecule has 4 aromatic rings. The SMILES string of the molecule is Cc1c(-c2ccncc2)[nH]c2ccc(C(=O)NC3CCCc4ccccc4C3)cc12. The molecule has 1 atom stereocenters. The van der Waals surface area contributed by atoms with Crippen molar-refractivity contribution >= 4 is 16.8 Å². The zero-order valence-corrected chi connectivity index (χ0v) is 17.1. The summed E-state index contributed by atoms with van der Waals surface area (Å²) in [6.45, 7) is 2.10. The van der Waals surface area contributed by atoms with Crippen molar-refractivity contribution in [2.45, 2.75) is 38.6 Å². The second-order valence-corrected chi connectivity index (χ2v) is 8.16. The fourth-order valence-corrected chi connectivity index (χ4v) is 4.57. The Balaban J connectivity index is 1.39. The molecule has 2 aromatic carbocycles. The smallest absolute Gasteiger partial charge is 0.251 e. The number of rotatable bonds is 3. The van der Waals surface area contributed by atoms with Crippen LogP contribution in [0, 0.1) is 6.92 Å². The van der Waals surface area contributed by atoms with E-state index in [4.69, 9.17) is 0 Å². The van der Waals surface area contributed by atoms with E-state index in [-0.39, 0.29) is 11.9 Å². The Labute approximate surface area is 176 Å². The Hall–Kier alpha value is -3.40. The summed E-state index contributed by atoms with van der Waals surface area (Å²) in [5.74, 6) is 0.00680. The van der Waals surface area contributed by atoms with Crippen LogP contribution in [-0.2, 0) is 12.8 Å². The van der Waals surface area contributed by atoms with E-state index in [2.05, 4.69) is 46.5 Å². The minimum Gasteiger partial charge on any atom is -0.354 e. The van der Waals surface area contributed by atoms with Gasteiger partial charge in [0.25, 0.3) is 5.91 Å². The van der Waals surface area contributed by atoms with Gasteiger partial charge >= 0.3 is 0 Å². The largest absolute Gasteiger partial charge is 0.354 e. The molecule has 0 aliphatic heterocycles. The van der Waals surface area contributed by atoms with E-state index in [0.717, 1.165) is 53.4 Å². The van der Waals surface area contributed by atoms with Crippen molar-refractivity contribution in [3.05, 3.63) is 89.2 Å². The Morgan fingerprint density at radius 3 is 2.70 bits per heavy atom. The first-order chi connectivity index (χ1) is 14.7. The van der Waals surface area contributed by atoms with Gasteiger partial charge in [-0.15, -0.1) is 0 Å². The van der Waals surface area contributed by atoms with Crippen LogP contribution in [0.5, 0.6) is 0 Å². The number of H-pyrrole nitrogens is 1. The summed E-state index contributed by atoms with van der Waals surface area (Å²) in [7, 11) is 0. The fourth-order valence-electron chi connectivity index (χ4n) is 4.57. The maximum Gasteiger partial charge on any atom is 0.251 e. The first-order valence-electron chi connectivity index (χ1n) is 10.6. The van der Waals surface area contributed by atoms with Crippen LogP contribution in [0.4, 0.5) is 0 Å². The lowest BCUT2D eigenvalue weighted by Gasteiger charge is -2.17. The fraction of sp³-hybridized carbons (Fsp3) is 0.231. The number of hydrogen-bond acceptors (Lipinski definition) is 2. The molecule has 0 radical (unpaired) electrons. The number of hydrogen-bond donors (Lipinski definition) is 2. The molecular formula is C26H25N3O. The molecule has 0 bridgehead atoms. The molecule has 2 heterocycles. The number of aryl methyl sites for hydroxylation is 2. The average molecular weight is 396 g/mol. The second kappa shape index (κ2) is 7.79. The summed E-state index contributed by atoms with van der Waals surface area (Å²) >= 11 is 0. The molecule has 0 saturated carbocycles. The van der Waals surface area contributed by atoms with Gasteiger partial charge in [-0.25, -0.2) is 0 Å². The predicted molar refractivity (Wildman–Crippen MR) is 121 cm³/mol. The van der Waals surface area contributed by atoms with Gasteiger partial charge in [-0.05, 0) is 79.6 Å². The lowest BCUT2D eigenvalue weighted by Crippen LogP contribution is -2.36. The van der Waals surface area contributed by atoms with Crippen LogP contribution in [0.2, 0.25) is 0 Å². The molecule has 2 aromatic heterocycles. The molecule has 30 heavy (non-hydrogen) atoms. The standard InChI is InChI=1S/C26H25N3O/c1-17-23-16-21(9-10-24(23)29-25(17)19-11-13-27-14-12-19)26(30)28-22-8-4-7-18-5-2-3-6-20(18)15-22/h2-3,5-6,9-14,16,22,29H,4,7-8,15H2,1H3,(H,28,30). The number of aromatic nitrogens is 2. The van der Waals surface area contributed by atoms with Gasteiger partial charge in [0.15, 0.2) is 0 Å². The van der Waals surface area contributed by atoms with Gasteiger partial charge in [0.05, 0.1) is 0 Å². The third kappa shape index (κ3) is 3.50. The number of nitrogens with zero attached hydrogens (tertiary/aromatic N) is 1. The van der Waals surface area contributed by atoms with Gasteiger partial charge in [-0.2, -0.15) is 0 Å². The minimum atomic E-state index is 0.00680. The van der Waals surface area contributed by atoms with E-state index in [1.807, 2.05) is 30.3 Å². The highest BCUT2D eigenvalue weighted by Crippen LogP contribution is 2.30. The first-order valence-corrected chi connectivity index (χ1v) is 10.6. The van der Waals surface area contributed by atoms with Crippen LogP contribution in [0.3, 0.4) is 0 Å². The van der Waals surface area contributed by atoms with Crippen molar-refractivity contribution in [2.75, 3.05) is 0 Å². The van der Waals surface area contributed by atoms with Crippen LogP contribution >= 0.6 is 0 Å². The minimum absolute atomic E-state index is 0.00680. The van der Waals surface area contributed by atoms with Crippen LogP contribution in [0.25, 0.3) is 22.2 Å². The predicted octanol–water partition coefficient (Wildman–Crippen LogP) is 5.22. The molecule has 0 fully saturated rings. The van der Waals surface area contributed by atoms with Crippen molar-refractivity contribution < 1.29 is 4.79 Å². The van der Waals surface area contributed by atoms with E-state index < -0.39 is 0 Å². The van der Waals surface area contributed by atoms with Crippen molar-refractivity contribution in [3.63, 3.8) is 0 Å². The van der Waals surface area contributed by atoms with Crippen LogP contribution in [0.1, 0.15) is 39.9 Å². The normalized spacial score (nSPS) is 16.1. The van der Waals surface area contributed by atoms with Gasteiger partial charge < -0.3 is 10.3 Å². The van der Waals surface area contributed by atoms with Crippen molar-refractivity contribution in [1.82, 2.24) is 15.3 Å². The van der Waals surface area contributed by atoms with Crippen LogP contribution in [0.15, 0.2) is 67.0 Å². The third-order valence-corrected chi connectivity index (χ3v) is 6.21. The van der Waals surface area contributed by atoms with E-state index in [0.29, 0.717) is 5.56 Å². The number of pyridine rings is 1. The van der Waals surface area contributed by atoms with Gasteiger partial charge in [0.1, 0.15) is 0 Å². The lowest BCUT2D eigenvalue weighted by atomic mass is 10.0. The lowest BCUT2D eigenvalue weighted by molar-refractivity contribution is 0.0935. The molecule has 2 N–H and O–H groups in total. The molecule has 1 aliphatic carbocycles. The molecule has 4 heteroatoms. The summed E-state index contributed by atoms with van der Waals surface area (Å²) < 4.78 is 0. The van der Waals surface area contributed by atoms with E-state index in [1.165, 1.54) is 11.1 Å². The summed E-state index contributed by atoms with van der Waals surface area (Å²) in [5, 5.41) is 4.37. The number of nitrogens with one attached hydrogen (secondary N) is 2. The Kier molecular flexibility index (Phi) is 4.83. The maximum atomic E-state index is 13.0. The molecule has 1 amide bonds. The molecule has 4 nitrogen and oxygen atoms in total.